The van der Waals surface area contributed by atoms with Gasteiger partial charge in [-0.15, -0.1) is 11.3 Å². The molecule has 0 aliphatic carbocycles. The Morgan fingerprint density at radius 3 is 3.08 bits per heavy atom. The molecule has 13 heavy (non-hydrogen) atoms. The Balaban J connectivity index is 2.60. The Bertz CT molecular complexity index is 422. The summed E-state index contributed by atoms with van der Waals surface area (Å²) in [6.45, 7) is 2.67. The van der Waals surface area contributed by atoms with E-state index >= 15 is 0 Å². The first kappa shape index (κ1) is 8.66. The van der Waals surface area contributed by atoms with Crippen LogP contribution in [0.2, 0.25) is 0 Å². The average Bonchev–Trinajstić information content (AvgIpc) is 2.47. The van der Waals surface area contributed by atoms with Gasteiger partial charge in [-0.2, -0.15) is 0 Å². The number of hydrogen-bond donors (Lipinski definition) is 0. The molecule has 3 heteroatoms. The fourth-order valence-corrected chi connectivity index (χ4v) is 2.26. The number of hydrogen-bond acceptors (Lipinski definition) is 3. The van der Waals surface area contributed by atoms with E-state index in [1.54, 1.807) is 18.4 Å². The van der Waals surface area contributed by atoms with E-state index in [1.165, 1.54) is 10.3 Å². The molecule has 0 bridgehead atoms. The number of aromatic nitrogens is 1. The van der Waals surface area contributed by atoms with Gasteiger partial charge in [0, 0.05) is 12.7 Å². The summed E-state index contributed by atoms with van der Waals surface area (Å²) in [5.41, 5.74) is 2.26. The number of rotatable bonds is 2. The lowest BCUT2D eigenvalue weighted by atomic mass is 10.2. The van der Waals surface area contributed by atoms with Crippen molar-refractivity contribution in [2.45, 2.75) is 13.5 Å². The first-order valence-corrected chi connectivity index (χ1v) is 4.97. The molecule has 0 aliphatic rings. The molecule has 68 valence electrons. The van der Waals surface area contributed by atoms with Crippen molar-refractivity contribution < 1.29 is 4.74 Å². The van der Waals surface area contributed by atoms with E-state index in [0.717, 1.165) is 10.5 Å². The fourth-order valence-electron chi connectivity index (χ4n) is 1.39. The van der Waals surface area contributed by atoms with E-state index in [0.29, 0.717) is 6.61 Å². The number of thiazole rings is 1. The normalized spacial score (nSPS) is 10.9. The summed E-state index contributed by atoms with van der Waals surface area (Å²) in [4.78, 5) is 4.47. The molecule has 0 aliphatic heterocycles. The highest BCUT2D eigenvalue weighted by Gasteiger charge is 2.04. The maximum Gasteiger partial charge on any atom is 0.0907 e. The van der Waals surface area contributed by atoms with Crippen LogP contribution in [0.5, 0.6) is 0 Å². The van der Waals surface area contributed by atoms with Gasteiger partial charge in [0.05, 0.1) is 21.8 Å². The third kappa shape index (κ3) is 1.57. The molecule has 0 fully saturated rings. The van der Waals surface area contributed by atoms with E-state index < -0.39 is 0 Å². The molecule has 0 radical (unpaired) electrons. The Labute approximate surface area is 81.2 Å². The Hall–Kier alpha value is -0.930. The highest BCUT2D eigenvalue weighted by Crippen LogP contribution is 2.24. The number of ether oxygens (including phenoxy) is 1. The van der Waals surface area contributed by atoms with Crippen LogP contribution in [0, 0.1) is 6.92 Å². The van der Waals surface area contributed by atoms with Gasteiger partial charge in [-0.05, 0) is 13.0 Å². The predicted molar refractivity (Wildman–Crippen MR) is 55.1 cm³/mol. The SMILES string of the molecule is COCc1cccc2sc(C)nc12. The van der Waals surface area contributed by atoms with Crippen LogP contribution in [0.4, 0.5) is 0 Å². The monoisotopic (exact) mass is 193 g/mol. The van der Waals surface area contributed by atoms with Crippen LogP contribution < -0.4 is 0 Å². The molecular weight excluding hydrogens is 182 g/mol. The van der Waals surface area contributed by atoms with Crippen molar-refractivity contribution in [2.75, 3.05) is 7.11 Å². The van der Waals surface area contributed by atoms with Gasteiger partial charge in [-0.3, -0.25) is 0 Å². The number of nitrogens with zero attached hydrogens (tertiary/aromatic N) is 1. The first-order chi connectivity index (χ1) is 6.31. The average molecular weight is 193 g/mol. The third-order valence-electron chi connectivity index (χ3n) is 1.91. The molecule has 1 aromatic carbocycles. The molecule has 0 saturated carbocycles. The summed E-state index contributed by atoms with van der Waals surface area (Å²) in [5.74, 6) is 0. The fraction of sp³-hybridized carbons (Fsp3) is 0.300. The summed E-state index contributed by atoms with van der Waals surface area (Å²) in [7, 11) is 1.71. The van der Waals surface area contributed by atoms with Crippen molar-refractivity contribution in [2.24, 2.45) is 0 Å². The molecule has 1 aromatic heterocycles. The van der Waals surface area contributed by atoms with Gasteiger partial charge in [0.25, 0.3) is 0 Å². The molecule has 0 atom stereocenters. The van der Waals surface area contributed by atoms with E-state index in [1.807, 2.05) is 13.0 Å². The Kier molecular flexibility index (Phi) is 2.29. The molecular formula is C10H11NOS. The maximum atomic E-state index is 5.11. The third-order valence-corrected chi connectivity index (χ3v) is 2.85. The summed E-state index contributed by atoms with van der Waals surface area (Å²) in [5, 5.41) is 1.11. The zero-order valence-corrected chi connectivity index (χ0v) is 8.52. The molecule has 0 spiro atoms. The number of methoxy groups -OCH3 is 1. The summed E-state index contributed by atoms with van der Waals surface area (Å²) in [6.07, 6.45) is 0. The van der Waals surface area contributed by atoms with Crippen molar-refractivity contribution in [3.8, 4) is 0 Å². The maximum absolute atomic E-state index is 5.11. The van der Waals surface area contributed by atoms with Crippen molar-refractivity contribution in [3.63, 3.8) is 0 Å². The highest BCUT2D eigenvalue weighted by molar-refractivity contribution is 7.18. The molecule has 2 aromatic rings. The zero-order valence-electron chi connectivity index (χ0n) is 7.70. The molecule has 0 unspecified atom stereocenters. The second-order valence-electron chi connectivity index (χ2n) is 2.93. The van der Waals surface area contributed by atoms with Crippen molar-refractivity contribution in [1.82, 2.24) is 4.98 Å². The van der Waals surface area contributed by atoms with Crippen LogP contribution in [0.1, 0.15) is 10.6 Å². The van der Waals surface area contributed by atoms with Gasteiger partial charge in [0.1, 0.15) is 0 Å². The second kappa shape index (κ2) is 3.44. The molecule has 0 saturated heterocycles. The number of aryl methyl sites for hydroxylation is 1. The van der Waals surface area contributed by atoms with Crippen molar-refractivity contribution in [1.29, 1.82) is 0 Å². The molecule has 2 nitrogen and oxygen atoms in total. The van der Waals surface area contributed by atoms with Gasteiger partial charge in [0.15, 0.2) is 0 Å². The minimum atomic E-state index is 0.639. The molecule has 0 amide bonds. The standard InChI is InChI=1S/C10H11NOS/c1-7-11-10-8(6-12-2)4-3-5-9(10)13-7/h3-5H,6H2,1-2H3. The second-order valence-corrected chi connectivity index (χ2v) is 4.16. The molecule has 1 heterocycles. The zero-order chi connectivity index (χ0) is 9.26. The topological polar surface area (TPSA) is 22.1 Å². The van der Waals surface area contributed by atoms with Crippen LogP contribution >= 0.6 is 11.3 Å². The van der Waals surface area contributed by atoms with Crippen molar-refractivity contribution in [3.05, 3.63) is 28.8 Å². The summed E-state index contributed by atoms with van der Waals surface area (Å²) in [6, 6.07) is 6.21. The minimum Gasteiger partial charge on any atom is -0.380 e. The van der Waals surface area contributed by atoms with E-state index in [9.17, 15) is 0 Å². The van der Waals surface area contributed by atoms with Crippen LogP contribution in [-0.4, -0.2) is 12.1 Å². The Morgan fingerprint density at radius 2 is 2.31 bits per heavy atom. The predicted octanol–water partition coefficient (Wildman–Crippen LogP) is 2.75. The van der Waals surface area contributed by atoms with Crippen LogP contribution in [0.3, 0.4) is 0 Å². The van der Waals surface area contributed by atoms with Gasteiger partial charge < -0.3 is 4.74 Å². The first-order valence-electron chi connectivity index (χ1n) is 4.15. The molecule has 0 N–H and O–H groups in total. The van der Waals surface area contributed by atoms with Gasteiger partial charge >= 0.3 is 0 Å². The van der Waals surface area contributed by atoms with Gasteiger partial charge in [0.2, 0.25) is 0 Å². The van der Waals surface area contributed by atoms with Gasteiger partial charge in [-0.25, -0.2) is 4.98 Å². The largest absolute Gasteiger partial charge is 0.380 e. The van der Waals surface area contributed by atoms with Crippen molar-refractivity contribution >= 4 is 21.6 Å². The van der Waals surface area contributed by atoms with E-state index in [2.05, 4.69) is 17.1 Å². The van der Waals surface area contributed by atoms with Crippen LogP contribution in [0.15, 0.2) is 18.2 Å². The number of fused-ring (bicyclic) bond motifs is 1. The lowest BCUT2D eigenvalue weighted by Crippen LogP contribution is -1.88. The quantitative estimate of drug-likeness (QED) is 0.731. The van der Waals surface area contributed by atoms with Crippen LogP contribution in [-0.2, 0) is 11.3 Å². The summed E-state index contributed by atoms with van der Waals surface area (Å²) < 4.78 is 6.35. The smallest absolute Gasteiger partial charge is 0.0907 e. The lowest BCUT2D eigenvalue weighted by molar-refractivity contribution is 0.186. The molecule has 2 rings (SSSR count). The highest BCUT2D eigenvalue weighted by atomic mass is 32.1. The summed E-state index contributed by atoms with van der Waals surface area (Å²) >= 11 is 1.73. The van der Waals surface area contributed by atoms with Crippen LogP contribution in [0.25, 0.3) is 10.2 Å². The van der Waals surface area contributed by atoms with E-state index in [-0.39, 0.29) is 0 Å². The van der Waals surface area contributed by atoms with E-state index in [4.69, 9.17) is 4.74 Å². The Morgan fingerprint density at radius 1 is 1.46 bits per heavy atom. The number of benzene rings is 1. The minimum absolute atomic E-state index is 0.639. The number of para-hydroxylation sites is 1. The lowest BCUT2D eigenvalue weighted by Gasteiger charge is -1.98. The van der Waals surface area contributed by atoms with Gasteiger partial charge in [-0.1, -0.05) is 12.1 Å².